The van der Waals surface area contributed by atoms with Gasteiger partial charge in [-0.3, -0.25) is 14.5 Å². The van der Waals surface area contributed by atoms with Gasteiger partial charge >= 0.3 is 0 Å². The van der Waals surface area contributed by atoms with Crippen molar-refractivity contribution in [3.8, 4) is 11.5 Å². The van der Waals surface area contributed by atoms with Crippen LogP contribution in [-0.2, 0) is 15.0 Å². The van der Waals surface area contributed by atoms with Crippen LogP contribution in [0, 0.1) is 0 Å². The molecule has 1 unspecified atom stereocenters. The maximum Gasteiger partial charge on any atom is 0.300 e. The maximum atomic E-state index is 13.4. The maximum absolute atomic E-state index is 13.4. The second-order valence-corrected chi connectivity index (χ2v) is 10.4. The number of aliphatic hydroxyl groups excluding tert-OH is 1. The Morgan fingerprint density at radius 3 is 2.22 bits per heavy atom. The molecule has 3 aromatic carbocycles. The van der Waals surface area contributed by atoms with Crippen molar-refractivity contribution in [2.24, 2.45) is 0 Å². The average Bonchev–Trinajstić information content (AvgIpc) is 3.10. The van der Waals surface area contributed by atoms with Gasteiger partial charge in [-0.2, -0.15) is 0 Å². The molecule has 0 radical (unpaired) electrons. The second kappa shape index (κ2) is 9.52. The van der Waals surface area contributed by atoms with Gasteiger partial charge in [-0.05, 0) is 65.6 Å². The number of hydrogen-bond donors (Lipinski definition) is 2. The summed E-state index contributed by atoms with van der Waals surface area (Å²) in [4.78, 5) is 28.0. The summed E-state index contributed by atoms with van der Waals surface area (Å²) in [6, 6.07) is 15.0. The van der Waals surface area contributed by atoms with E-state index < -0.39 is 17.7 Å². The normalized spacial score (nSPS) is 17.5. The number of benzene rings is 3. The summed E-state index contributed by atoms with van der Waals surface area (Å²) in [7, 11) is 1.57. The number of phenols is 1. The molecule has 0 aliphatic carbocycles. The van der Waals surface area contributed by atoms with Crippen LogP contribution in [0.15, 0.2) is 66.2 Å². The molecular formula is C28H25Cl2NO5. The molecule has 1 aliphatic rings. The highest BCUT2D eigenvalue weighted by Gasteiger charge is 2.47. The minimum Gasteiger partial charge on any atom is -0.507 e. The molecule has 186 valence electrons. The van der Waals surface area contributed by atoms with Gasteiger partial charge in [-0.1, -0.05) is 50.0 Å². The van der Waals surface area contributed by atoms with Gasteiger partial charge in [-0.15, -0.1) is 0 Å². The lowest BCUT2D eigenvalue weighted by Crippen LogP contribution is -2.29. The Labute approximate surface area is 219 Å². The number of carbonyl (C=O) groups is 2. The van der Waals surface area contributed by atoms with E-state index in [4.69, 9.17) is 27.9 Å². The van der Waals surface area contributed by atoms with Crippen molar-refractivity contribution in [3.05, 3.63) is 93.0 Å². The summed E-state index contributed by atoms with van der Waals surface area (Å²) >= 11 is 12.2. The predicted octanol–water partition coefficient (Wildman–Crippen LogP) is 6.63. The monoisotopic (exact) mass is 525 g/mol. The molecule has 1 atom stereocenters. The zero-order valence-electron chi connectivity index (χ0n) is 20.2. The van der Waals surface area contributed by atoms with Crippen molar-refractivity contribution in [2.45, 2.75) is 32.2 Å². The zero-order valence-corrected chi connectivity index (χ0v) is 21.7. The second-order valence-electron chi connectivity index (χ2n) is 9.52. The number of Topliss-reactive ketones (excluding diaryl/α,β-unsaturated/α-hetero) is 1. The number of carbonyl (C=O) groups excluding carboxylic acids is 2. The number of ketones is 1. The van der Waals surface area contributed by atoms with Crippen LogP contribution in [-0.4, -0.2) is 29.0 Å². The first-order valence-corrected chi connectivity index (χ1v) is 11.9. The molecule has 8 heteroatoms. The molecule has 36 heavy (non-hydrogen) atoms. The van der Waals surface area contributed by atoms with E-state index in [-0.39, 0.29) is 27.5 Å². The number of aromatic hydroxyl groups is 1. The van der Waals surface area contributed by atoms with Crippen molar-refractivity contribution in [3.63, 3.8) is 0 Å². The highest BCUT2D eigenvalue weighted by Crippen LogP contribution is 2.44. The van der Waals surface area contributed by atoms with Crippen LogP contribution in [0.1, 0.15) is 43.5 Å². The van der Waals surface area contributed by atoms with E-state index in [1.165, 1.54) is 17.0 Å². The van der Waals surface area contributed by atoms with Gasteiger partial charge < -0.3 is 14.9 Å². The SMILES string of the molecule is COc1ccc(/C(O)=C2/C(=O)C(=O)N(c3ccc(Cl)cc3)C2c2ccc(O)c(Cl)c2)cc1C(C)(C)C. The molecule has 3 aromatic rings. The summed E-state index contributed by atoms with van der Waals surface area (Å²) in [5.41, 5.74) is 1.63. The topological polar surface area (TPSA) is 87.1 Å². The van der Waals surface area contributed by atoms with Crippen LogP contribution in [0.3, 0.4) is 0 Å². The van der Waals surface area contributed by atoms with Crippen LogP contribution < -0.4 is 9.64 Å². The lowest BCUT2D eigenvalue weighted by Gasteiger charge is -2.26. The fourth-order valence-electron chi connectivity index (χ4n) is 4.31. The standard InChI is InChI=1S/C28H25Cl2NO5/c1-28(2,3)19-13-16(6-12-22(19)36-4)25(33)23-24(15-5-11-21(32)20(30)14-15)31(27(35)26(23)34)18-9-7-17(29)8-10-18/h5-14,24,32-33H,1-4H3/b25-23-. The summed E-state index contributed by atoms with van der Waals surface area (Å²) < 4.78 is 5.49. The van der Waals surface area contributed by atoms with Crippen LogP contribution in [0.4, 0.5) is 5.69 Å². The Hall–Kier alpha value is -3.48. The Morgan fingerprint density at radius 1 is 0.972 bits per heavy atom. The van der Waals surface area contributed by atoms with Gasteiger partial charge in [-0.25, -0.2) is 0 Å². The van der Waals surface area contributed by atoms with Crippen LogP contribution in [0.25, 0.3) is 5.76 Å². The minimum absolute atomic E-state index is 0.0497. The number of halogens is 2. The van der Waals surface area contributed by atoms with Gasteiger partial charge in [0.25, 0.3) is 11.7 Å². The first-order chi connectivity index (χ1) is 16.9. The Balaban J connectivity index is 1.97. The van der Waals surface area contributed by atoms with Gasteiger partial charge in [0.2, 0.25) is 0 Å². The first kappa shape index (κ1) is 25.6. The van der Waals surface area contributed by atoms with E-state index in [2.05, 4.69) is 0 Å². The minimum atomic E-state index is -0.996. The lowest BCUT2D eigenvalue weighted by molar-refractivity contribution is -0.132. The molecule has 1 amide bonds. The number of nitrogens with zero attached hydrogens (tertiary/aromatic N) is 1. The number of anilines is 1. The molecule has 2 N–H and O–H groups in total. The Bertz CT molecular complexity index is 1390. The van der Waals surface area contributed by atoms with E-state index in [0.29, 0.717) is 27.6 Å². The number of hydrogen-bond acceptors (Lipinski definition) is 5. The average molecular weight is 526 g/mol. The van der Waals surface area contributed by atoms with Gasteiger partial charge in [0.05, 0.1) is 23.7 Å². The smallest absolute Gasteiger partial charge is 0.300 e. The van der Waals surface area contributed by atoms with E-state index in [9.17, 15) is 19.8 Å². The molecule has 4 rings (SSSR count). The summed E-state index contributed by atoms with van der Waals surface area (Å²) in [6.07, 6.45) is 0. The van der Waals surface area contributed by atoms with Gasteiger partial charge in [0.1, 0.15) is 17.3 Å². The molecule has 6 nitrogen and oxygen atoms in total. The van der Waals surface area contributed by atoms with Crippen molar-refractivity contribution in [1.29, 1.82) is 0 Å². The fourth-order valence-corrected chi connectivity index (χ4v) is 4.62. The lowest BCUT2D eigenvalue weighted by atomic mass is 9.84. The van der Waals surface area contributed by atoms with Gasteiger partial charge in [0, 0.05) is 21.8 Å². The zero-order chi connectivity index (χ0) is 26.4. The third-order valence-corrected chi connectivity index (χ3v) is 6.67. The van der Waals surface area contributed by atoms with Crippen molar-refractivity contribution >= 4 is 46.3 Å². The van der Waals surface area contributed by atoms with Crippen molar-refractivity contribution < 1.29 is 24.5 Å². The highest BCUT2D eigenvalue weighted by molar-refractivity contribution is 6.51. The molecule has 1 aliphatic heterocycles. The largest absolute Gasteiger partial charge is 0.507 e. The summed E-state index contributed by atoms with van der Waals surface area (Å²) in [5.74, 6) is -1.48. The molecule has 1 heterocycles. The number of amides is 1. The molecular weight excluding hydrogens is 501 g/mol. The predicted molar refractivity (Wildman–Crippen MR) is 141 cm³/mol. The molecule has 1 saturated heterocycles. The molecule has 0 aromatic heterocycles. The third kappa shape index (κ3) is 4.54. The molecule has 0 spiro atoms. The highest BCUT2D eigenvalue weighted by atomic mass is 35.5. The van der Waals surface area contributed by atoms with Crippen molar-refractivity contribution in [2.75, 3.05) is 12.0 Å². The van der Waals surface area contributed by atoms with Crippen LogP contribution >= 0.6 is 23.2 Å². The summed E-state index contributed by atoms with van der Waals surface area (Å²) in [6.45, 7) is 6.02. The van der Waals surface area contributed by atoms with E-state index in [1.807, 2.05) is 20.8 Å². The number of phenolic OH excluding ortho intramolecular Hbond substituents is 1. The van der Waals surface area contributed by atoms with Gasteiger partial charge in [0.15, 0.2) is 0 Å². The third-order valence-electron chi connectivity index (χ3n) is 6.12. The quantitative estimate of drug-likeness (QED) is 0.226. The molecule has 0 saturated carbocycles. The molecule has 0 bridgehead atoms. The number of methoxy groups -OCH3 is 1. The Kier molecular flexibility index (Phi) is 6.78. The van der Waals surface area contributed by atoms with E-state index >= 15 is 0 Å². The van der Waals surface area contributed by atoms with E-state index in [0.717, 1.165) is 5.56 Å². The Morgan fingerprint density at radius 2 is 1.64 bits per heavy atom. The van der Waals surface area contributed by atoms with Crippen molar-refractivity contribution in [1.82, 2.24) is 0 Å². The number of ether oxygens (including phenoxy) is 1. The van der Waals surface area contributed by atoms with Crippen LogP contribution in [0.2, 0.25) is 10.0 Å². The molecule has 1 fully saturated rings. The first-order valence-electron chi connectivity index (χ1n) is 11.2. The number of aliphatic hydroxyl groups is 1. The number of rotatable bonds is 4. The van der Waals surface area contributed by atoms with E-state index in [1.54, 1.807) is 55.6 Å². The fraction of sp³-hybridized carbons (Fsp3) is 0.214. The van der Waals surface area contributed by atoms with Crippen LogP contribution in [0.5, 0.6) is 11.5 Å². The summed E-state index contributed by atoms with van der Waals surface area (Å²) in [5, 5.41) is 21.9.